The van der Waals surface area contributed by atoms with E-state index in [4.69, 9.17) is 0 Å². The summed E-state index contributed by atoms with van der Waals surface area (Å²) in [5.74, 6) is -1.39. The third-order valence-corrected chi connectivity index (χ3v) is 10.1. The van der Waals surface area contributed by atoms with Gasteiger partial charge in [0.15, 0.2) is 5.78 Å². The summed E-state index contributed by atoms with van der Waals surface area (Å²) < 4.78 is 101. The number of hydrogen-bond acceptors (Lipinski definition) is 6. The monoisotopic (exact) mass is 603 g/mol. The maximum absolute atomic E-state index is 16.8. The molecule has 6 rings (SSSR count). The van der Waals surface area contributed by atoms with Gasteiger partial charge in [0.1, 0.15) is 16.4 Å². The van der Waals surface area contributed by atoms with Gasteiger partial charge in [0.25, 0.3) is 0 Å². The average Bonchev–Trinajstić information content (AvgIpc) is 3.57. The van der Waals surface area contributed by atoms with Gasteiger partial charge in [0.2, 0.25) is 14.8 Å². The number of pyridine rings is 1. The molecule has 0 aliphatic heterocycles. The molecule has 2 aliphatic rings. The quantitative estimate of drug-likeness (QED) is 0.227. The van der Waals surface area contributed by atoms with E-state index in [2.05, 4.69) is 15.2 Å². The van der Waals surface area contributed by atoms with Crippen LogP contribution in [0.1, 0.15) is 46.6 Å². The minimum absolute atomic E-state index is 0.186. The van der Waals surface area contributed by atoms with Gasteiger partial charge in [0, 0.05) is 32.3 Å². The van der Waals surface area contributed by atoms with Crippen LogP contribution in [0.25, 0.3) is 11.8 Å². The number of ketones is 1. The maximum atomic E-state index is 16.8. The topological polar surface area (TPSA) is 99.7 Å². The van der Waals surface area contributed by atoms with Crippen LogP contribution >= 0.6 is 0 Å². The summed E-state index contributed by atoms with van der Waals surface area (Å²) in [6.45, 7) is 0. The number of allylic oxidation sites excluding steroid dienone is 1. The molecule has 0 spiro atoms. The molecule has 14 heteroatoms. The molecular weight excluding hydrogens is 581 g/mol. The fourth-order valence-corrected chi connectivity index (χ4v) is 7.53. The Hall–Kier alpha value is -4.20. The van der Waals surface area contributed by atoms with Gasteiger partial charge in [-0.1, -0.05) is 5.57 Å². The van der Waals surface area contributed by atoms with E-state index in [0.29, 0.717) is 34.7 Å². The summed E-state index contributed by atoms with van der Waals surface area (Å²) in [4.78, 5) is 17.7. The fraction of sp³-hybridized carbons (Fsp3) is 0.286. The van der Waals surface area contributed by atoms with Crippen molar-refractivity contribution in [1.29, 1.82) is 0 Å². The van der Waals surface area contributed by atoms with Gasteiger partial charge in [-0.15, -0.1) is 0 Å². The molecule has 1 saturated carbocycles. The Kier molecular flexibility index (Phi) is 6.26. The highest BCUT2D eigenvalue weighted by atomic mass is 32.2. The summed E-state index contributed by atoms with van der Waals surface area (Å²) in [7, 11) is -3.21. The Bertz CT molecular complexity index is 1860. The van der Waals surface area contributed by atoms with Gasteiger partial charge in [-0.25, -0.2) is 21.9 Å². The van der Waals surface area contributed by atoms with Crippen LogP contribution in [0.3, 0.4) is 0 Å². The molecule has 1 aromatic carbocycles. The highest BCUT2D eigenvalue weighted by Gasteiger charge is 2.60. The Balaban J connectivity index is 1.50. The number of aryl methyl sites for hydroxylation is 1. The van der Waals surface area contributed by atoms with E-state index in [1.165, 1.54) is 46.9 Å². The second kappa shape index (κ2) is 9.41. The molecule has 1 fully saturated rings. The van der Waals surface area contributed by atoms with Crippen molar-refractivity contribution in [2.45, 2.75) is 41.8 Å². The van der Waals surface area contributed by atoms with Crippen molar-refractivity contribution in [3.63, 3.8) is 0 Å². The van der Waals surface area contributed by atoms with Gasteiger partial charge >= 0.3 is 6.18 Å². The number of alkyl halides is 4. The molecule has 2 atom stereocenters. The molecule has 0 amide bonds. The van der Waals surface area contributed by atoms with Crippen LogP contribution in [0.15, 0.2) is 71.7 Å². The number of aromatic nitrogens is 5. The predicted molar refractivity (Wildman–Crippen MR) is 139 cm³/mol. The molecule has 218 valence electrons. The first-order chi connectivity index (χ1) is 19.7. The number of rotatable bonds is 5. The second-order valence-corrected chi connectivity index (χ2v) is 12.8. The standard InChI is InChI=1S/C28H22F5N5O3S/c1-37-15-22(14-35-37)42(40,41)27(30)8-6-18-11-24-17(13-36-38(24)21-4-2-20(29)3-5-21)12-26(18,16-27)25(39)23-10-19(7-9-34-23)28(31,32)33/h2-5,7,9-11,13-15H,6,8,12,16H2,1H3/t26-,27-/m0/s1. The maximum Gasteiger partial charge on any atom is 0.416 e. The molecule has 0 radical (unpaired) electrons. The zero-order valence-corrected chi connectivity index (χ0v) is 22.8. The Morgan fingerprint density at radius 3 is 2.48 bits per heavy atom. The third kappa shape index (κ3) is 4.35. The normalized spacial score (nSPS) is 22.3. The second-order valence-electron chi connectivity index (χ2n) is 10.5. The highest BCUT2D eigenvalue weighted by molar-refractivity contribution is 7.92. The molecule has 8 nitrogen and oxygen atoms in total. The molecule has 4 aromatic rings. The van der Waals surface area contributed by atoms with E-state index in [1.54, 1.807) is 6.08 Å². The van der Waals surface area contributed by atoms with Crippen LogP contribution in [0, 0.1) is 11.2 Å². The number of benzene rings is 1. The number of carbonyl (C=O) groups excluding carboxylic acids is 1. The molecule has 0 bridgehead atoms. The predicted octanol–water partition coefficient (Wildman–Crippen LogP) is 5.29. The van der Waals surface area contributed by atoms with Crippen molar-refractivity contribution in [3.05, 3.63) is 95.1 Å². The average molecular weight is 604 g/mol. The van der Waals surface area contributed by atoms with E-state index in [1.807, 2.05) is 0 Å². The van der Waals surface area contributed by atoms with Gasteiger partial charge in [-0.05, 0) is 60.9 Å². The SMILES string of the molecule is Cn1cc(S(=O)(=O)[C@@]2(F)CCC3=Cc4c(cnn4-c4ccc(F)cc4)C[C@]3(C(=O)c3cc(C(F)(F)F)ccn3)C2)cn1. The zero-order valence-electron chi connectivity index (χ0n) is 21.9. The van der Waals surface area contributed by atoms with E-state index in [-0.39, 0.29) is 17.7 Å². The smallest absolute Gasteiger partial charge is 0.291 e. The number of sulfone groups is 1. The number of nitrogens with zero attached hydrogens (tertiary/aromatic N) is 5. The summed E-state index contributed by atoms with van der Waals surface area (Å²) in [5, 5.41) is 5.25. The van der Waals surface area contributed by atoms with Gasteiger partial charge < -0.3 is 0 Å². The zero-order chi connectivity index (χ0) is 30.1. The third-order valence-electron chi connectivity index (χ3n) is 7.94. The fourth-order valence-electron chi connectivity index (χ4n) is 5.82. The summed E-state index contributed by atoms with van der Waals surface area (Å²) in [5.41, 5.74) is -1.75. The van der Waals surface area contributed by atoms with Crippen LogP contribution in [-0.4, -0.2) is 43.7 Å². The Morgan fingerprint density at radius 1 is 1.07 bits per heavy atom. The number of halogens is 5. The van der Waals surface area contributed by atoms with Gasteiger partial charge in [-0.2, -0.15) is 23.4 Å². The molecule has 3 aromatic heterocycles. The molecule has 0 N–H and O–H groups in total. The summed E-state index contributed by atoms with van der Waals surface area (Å²) in [6.07, 6.45) is -0.523. The number of Topliss-reactive ketones (excluding diaryl/α,β-unsaturated/α-hetero) is 1. The number of hydrogen-bond donors (Lipinski definition) is 0. The molecular formula is C28H22F5N5O3S. The van der Waals surface area contributed by atoms with Crippen molar-refractivity contribution >= 4 is 21.7 Å². The number of fused-ring (bicyclic) bond motifs is 2. The molecule has 2 aliphatic carbocycles. The molecule has 0 unspecified atom stereocenters. The van der Waals surface area contributed by atoms with Crippen LogP contribution < -0.4 is 0 Å². The Morgan fingerprint density at radius 2 is 1.81 bits per heavy atom. The lowest BCUT2D eigenvalue weighted by molar-refractivity contribution is -0.137. The van der Waals surface area contributed by atoms with Crippen molar-refractivity contribution in [3.8, 4) is 5.69 Å². The first-order valence-electron chi connectivity index (χ1n) is 12.8. The minimum Gasteiger partial charge on any atom is -0.291 e. The van der Waals surface area contributed by atoms with E-state index >= 15 is 4.39 Å². The summed E-state index contributed by atoms with van der Waals surface area (Å²) in [6, 6.07) is 6.78. The summed E-state index contributed by atoms with van der Waals surface area (Å²) >= 11 is 0. The van der Waals surface area contributed by atoms with Crippen LogP contribution in [-0.2, 0) is 29.5 Å². The van der Waals surface area contributed by atoms with Crippen LogP contribution in [0.5, 0.6) is 0 Å². The lowest BCUT2D eigenvalue weighted by Gasteiger charge is -2.45. The highest BCUT2D eigenvalue weighted by Crippen LogP contribution is 2.56. The molecule has 0 saturated heterocycles. The van der Waals surface area contributed by atoms with Gasteiger partial charge in [0.05, 0.1) is 34.8 Å². The molecule has 3 heterocycles. The lowest BCUT2D eigenvalue weighted by Crippen LogP contribution is -2.50. The minimum atomic E-state index is -4.77. The van der Waals surface area contributed by atoms with Crippen molar-refractivity contribution in [1.82, 2.24) is 24.5 Å². The first-order valence-corrected chi connectivity index (χ1v) is 14.3. The number of carbonyl (C=O) groups is 1. The van der Waals surface area contributed by atoms with Crippen LogP contribution in [0.4, 0.5) is 22.0 Å². The van der Waals surface area contributed by atoms with E-state index in [0.717, 1.165) is 18.6 Å². The van der Waals surface area contributed by atoms with Crippen molar-refractivity contribution in [2.75, 3.05) is 0 Å². The van der Waals surface area contributed by atoms with Crippen molar-refractivity contribution < 1.29 is 35.2 Å². The van der Waals surface area contributed by atoms with Gasteiger partial charge in [-0.3, -0.25) is 14.5 Å². The lowest BCUT2D eigenvalue weighted by atomic mass is 9.61. The largest absolute Gasteiger partial charge is 0.416 e. The van der Waals surface area contributed by atoms with Crippen LogP contribution in [0.2, 0.25) is 0 Å². The Labute approximate surface area is 236 Å². The molecule has 42 heavy (non-hydrogen) atoms. The van der Waals surface area contributed by atoms with E-state index in [9.17, 15) is 30.8 Å². The van der Waals surface area contributed by atoms with Crippen molar-refractivity contribution in [2.24, 2.45) is 12.5 Å². The van der Waals surface area contributed by atoms with E-state index < -0.39 is 62.1 Å². The first kappa shape index (κ1) is 27.9.